The van der Waals surface area contributed by atoms with E-state index in [1.165, 1.54) is 0 Å². The number of nitrogens with one attached hydrogen (secondary N) is 1. The van der Waals surface area contributed by atoms with Gasteiger partial charge in [0.25, 0.3) is 0 Å². The number of hydrogen-bond donors (Lipinski definition) is 1. The van der Waals surface area contributed by atoms with E-state index in [4.69, 9.17) is 23.2 Å². The van der Waals surface area contributed by atoms with E-state index in [1.807, 2.05) is 41.5 Å². The maximum atomic E-state index is 6.48. The molecule has 0 aliphatic carbocycles. The highest BCUT2D eigenvalue weighted by atomic mass is 35.5. The summed E-state index contributed by atoms with van der Waals surface area (Å²) >= 11 is 14.5. The monoisotopic (exact) mass is 325 g/mol. The molecule has 0 saturated carbocycles. The van der Waals surface area contributed by atoms with E-state index < -0.39 is 0 Å². The molecule has 1 aromatic carbocycles. The predicted octanol–water partition coefficient (Wildman–Crippen LogP) is 4.46. The molecule has 6 heteroatoms. The van der Waals surface area contributed by atoms with E-state index in [-0.39, 0.29) is 0 Å². The summed E-state index contributed by atoms with van der Waals surface area (Å²) < 4.78 is 0. The van der Waals surface area contributed by atoms with Crippen molar-refractivity contribution in [2.24, 2.45) is 4.99 Å². The molecule has 2 heterocycles. The van der Waals surface area contributed by atoms with Crippen LogP contribution in [-0.2, 0) is 0 Å². The normalized spacial score (nSPS) is 14.1. The van der Waals surface area contributed by atoms with Crippen LogP contribution in [0.1, 0.15) is 5.56 Å². The molecule has 0 amide bonds. The lowest BCUT2D eigenvalue weighted by Crippen LogP contribution is -2.35. The molecule has 0 radical (unpaired) electrons. The Morgan fingerprint density at radius 2 is 2.15 bits per heavy atom. The SMILES string of the molecule is Cc1ccc(Cl)c(N(C2=NCCN2)c2cccs2)c1Cl. The largest absolute Gasteiger partial charge is 0.354 e. The van der Waals surface area contributed by atoms with Gasteiger partial charge >= 0.3 is 0 Å². The molecule has 0 atom stereocenters. The van der Waals surface area contributed by atoms with Crippen LogP contribution < -0.4 is 10.2 Å². The fourth-order valence-electron chi connectivity index (χ4n) is 2.10. The maximum Gasteiger partial charge on any atom is 0.204 e. The summed E-state index contributed by atoms with van der Waals surface area (Å²) in [6, 6.07) is 7.82. The molecule has 1 aliphatic rings. The number of hydrogen-bond acceptors (Lipinski definition) is 4. The quantitative estimate of drug-likeness (QED) is 0.882. The number of aliphatic imine (C=N–C) groups is 1. The van der Waals surface area contributed by atoms with Gasteiger partial charge in [0.15, 0.2) is 0 Å². The first kappa shape index (κ1) is 13.7. The fraction of sp³-hybridized carbons (Fsp3) is 0.214. The molecule has 0 spiro atoms. The van der Waals surface area contributed by atoms with Crippen LogP contribution in [0.2, 0.25) is 10.0 Å². The Kier molecular flexibility index (Phi) is 3.87. The minimum atomic E-state index is 0.616. The van der Waals surface area contributed by atoms with E-state index in [0.29, 0.717) is 10.0 Å². The number of halogens is 2. The highest BCUT2D eigenvalue weighted by Gasteiger charge is 2.24. The third kappa shape index (κ3) is 2.39. The van der Waals surface area contributed by atoms with Crippen molar-refractivity contribution >= 4 is 51.2 Å². The van der Waals surface area contributed by atoms with Crippen LogP contribution in [-0.4, -0.2) is 19.0 Å². The van der Waals surface area contributed by atoms with Crippen molar-refractivity contribution < 1.29 is 0 Å². The summed E-state index contributed by atoms with van der Waals surface area (Å²) in [6.45, 7) is 3.56. The average Bonchev–Trinajstić information content (AvgIpc) is 3.12. The number of rotatable bonds is 2. The van der Waals surface area contributed by atoms with Crippen molar-refractivity contribution in [3.8, 4) is 0 Å². The summed E-state index contributed by atoms with van der Waals surface area (Å²) in [7, 11) is 0. The lowest BCUT2D eigenvalue weighted by atomic mass is 10.2. The summed E-state index contributed by atoms with van der Waals surface area (Å²) in [6.07, 6.45) is 0. The number of guanidine groups is 1. The van der Waals surface area contributed by atoms with Crippen LogP contribution in [0.5, 0.6) is 0 Å². The van der Waals surface area contributed by atoms with Crippen LogP contribution >= 0.6 is 34.5 Å². The van der Waals surface area contributed by atoms with Crippen LogP contribution in [0.25, 0.3) is 0 Å². The first-order valence-corrected chi connectivity index (χ1v) is 7.88. The molecule has 1 aliphatic heterocycles. The predicted molar refractivity (Wildman–Crippen MR) is 88.0 cm³/mol. The highest BCUT2D eigenvalue weighted by Crippen LogP contribution is 2.41. The zero-order valence-corrected chi connectivity index (χ0v) is 13.2. The van der Waals surface area contributed by atoms with Crippen molar-refractivity contribution in [3.63, 3.8) is 0 Å². The number of nitrogens with zero attached hydrogens (tertiary/aromatic N) is 2. The van der Waals surface area contributed by atoms with E-state index in [9.17, 15) is 0 Å². The van der Waals surface area contributed by atoms with E-state index >= 15 is 0 Å². The second-order valence-electron chi connectivity index (χ2n) is 4.45. The molecule has 0 unspecified atom stereocenters. The number of thiophene rings is 1. The van der Waals surface area contributed by atoms with Crippen molar-refractivity contribution in [2.45, 2.75) is 6.92 Å². The molecule has 104 valence electrons. The van der Waals surface area contributed by atoms with Crippen LogP contribution in [0.4, 0.5) is 10.7 Å². The second-order valence-corrected chi connectivity index (χ2v) is 6.16. The van der Waals surface area contributed by atoms with Gasteiger partial charge in [0.2, 0.25) is 5.96 Å². The van der Waals surface area contributed by atoms with E-state index in [2.05, 4.69) is 10.3 Å². The van der Waals surface area contributed by atoms with Gasteiger partial charge in [-0.3, -0.25) is 9.89 Å². The number of benzene rings is 1. The molecular weight excluding hydrogens is 313 g/mol. The topological polar surface area (TPSA) is 27.6 Å². The highest BCUT2D eigenvalue weighted by molar-refractivity contribution is 7.14. The van der Waals surface area contributed by atoms with Crippen molar-refractivity contribution in [3.05, 3.63) is 45.3 Å². The number of aryl methyl sites for hydroxylation is 1. The van der Waals surface area contributed by atoms with Gasteiger partial charge < -0.3 is 5.32 Å². The summed E-state index contributed by atoms with van der Waals surface area (Å²) in [4.78, 5) is 6.50. The van der Waals surface area contributed by atoms with Crippen molar-refractivity contribution in [2.75, 3.05) is 18.0 Å². The Labute approximate surface area is 131 Å². The Morgan fingerprint density at radius 3 is 2.80 bits per heavy atom. The van der Waals surface area contributed by atoms with Crippen LogP contribution in [0, 0.1) is 6.92 Å². The van der Waals surface area contributed by atoms with Crippen LogP contribution in [0.3, 0.4) is 0 Å². The van der Waals surface area contributed by atoms with Crippen molar-refractivity contribution in [1.29, 1.82) is 0 Å². The van der Waals surface area contributed by atoms with Crippen molar-refractivity contribution in [1.82, 2.24) is 5.32 Å². The number of anilines is 2. The van der Waals surface area contributed by atoms with Gasteiger partial charge in [-0.1, -0.05) is 29.3 Å². The maximum absolute atomic E-state index is 6.48. The molecule has 0 bridgehead atoms. The standard InChI is InChI=1S/C14H13Cl2N3S/c1-9-4-5-10(15)13(12(9)16)19(11-3-2-8-20-11)14-17-6-7-18-14/h2-5,8H,6-7H2,1H3,(H,17,18). The third-order valence-corrected chi connectivity index (χ3v) is 4.71. The molecule has 0 saturated heterocycles. The fourth-order valence-corrected chi connectivity index (χ4v) is 3.38. The van der Waals surface area contributed by atoms with Gasteiger partial charge in [0.1, 0.15) is 5.00 Å². The first-order chi connectivity index (χ1) is 9.68. The second kappa shape index (κ2) is 5.64. The lowest BCUT2D eigenvalue weighted by Gasteiger charge is -2.25. The minimum Gasteiger partial charge on any atom is -0.354 e. The van der Waals surface area contributed by atoms with Gasteiger partial charge in [-0.25, -0.2) is 0 Å². The van der Waals surface area contributed by atoms with Gasteiger partial charge in [0, 0.05) is 6.54 Å². The van der Waals surface area contributed by atoms with Crippen LogP contribution in [0.15, 0.2) is 34.6 Å². The molecule has 0 fully saturated rings. The molecule has 1 aromatic heterocycles. The minimum absolute atomic E-state index is 0.616. The molecule has 1 N–H and O–H groups in total. The molecule has 20 heavy (non-hydrogen) atoms. The van der Waals surface area contributed by atoms with E-state index in [1.54, 1.807) is 11.3 Å². The van der Waals surface area contributed by atoms with Gasteiger partial charge in [-0.2, -0.15) is 0 Å². The molecule has 2 aromatic rings. The zero-order valence-electron chi connectivity index (χ0n) is 10.9. The lowest BCUT2D eigenvalue weighted by molar-refractivity contribution is 0.954. The first-order valence-electron chi connectivity index (χ1n) is 6.25. The summed E-state index contributed by atoms with van der Waals surface area (Å²) in [5.74, 6) is 0.793. The summed E-state index contributed by atoms with van der Waals surface area (Å²) in [5.41, 5.74) is 1.77. The smallest absolute Gasteiger partial charge is 0.204 e. The third-order valence-electron chi connectivity index (χ3n) is 3.08. The van der Waals surface area contributed by atoms with Gasteiger partial charge in [0.05, 0.1) is 22.3 Å². The van der Waals surface area contributed by atoms with Gasteiger partial charge in [-0.15, -0.1) is 11.3 Å². The zero-order chi connectivity index (χ0) is 14.1. The Morgan fingerprint density at radius 1 is 1.30 bits per heavy atom. The Balaban J connectivity index is 2.18. The molecular formula is C14H13Cl2N3S. The Bertz CT molecular complexity index is 653. The average molecular weight is 326 g/mol. The molecule has 3 nitrogen and oxygen atoms in total. The molecule has 3 rings (SSSR count). The van der Waals surface area contributed by atoms with Gasteiger partial charge in [-0.05, 0) is 36.1 Å². The van der Waals surface area contributed by atoms with E-state index in [0.717, 1.165) is 35.3 Å². The Hall–Kier alpha value is -1.23. The summed E-state index contributed by atoms with van der Waals surface area (Å²) in [5, 5.41) is 7.61.